The van der Waals surface area contributed by atoms with Gasteiger partial charge in [0.2, 0.25) is 0 Å². The van der Waals surface area contributed by atoms with E-state index in [1.165, 1.54) is 0 Å². The highest BCUT2D eigenvalue weighted by molar-refractivity contribution is 5.85. The molecule has 1 aromatic rings. The van der Waals surface area contributed by atoms with Crippen LogP contribution in [-0.4, -0.2) is 31.4 Å². The Kier molecular flexibility index (Phi) is 5.89. The van der Waals surface area contributed by atoms with Crippen molar-refractivity contribution in [3.8, 4) is 5.75 Å². The van der Waals surface area contributed by atoms with Gasteiger partial charge in [0.15, 0.2) is 0 Å². The second-order valence-corrected chi connectivity index (χ2v) is 4.25. The summed E-state index contributed by atoms with van der Waals surface area (Å²) in [7, 11) is 1.57. The molecule has 0 saturated heterocycles. The molecule has 0 heterocycles. The molecule has 1 aromatic carbocycles. The number of nitrogens with two attached hydrogens (primary N) is 1. The lowest BCUT2D eigenvalue weighted by molar-refractivity contribution is -0.132. The van der Waals surface area contributed by atoms with Gasteiger partial charge >= 0.3 is 5.97 Å². The molecule has 0 radical (unpaired) electrons. The molecule has 0 spiro atoms. The summed E-state index contributed by atoms with van der Waals surface area (Å²) in [6, 6.07) is 7.04. The highest BCUT2D eigenvalue weighted by Crippen LogP contribution is 2.15. The molecule has 19 heavy (non-hydrogen) atoms. The second-order valence-electron chi connectivity index (χ2n) is 4.25. The van der Waals surface area contributed by atoms with E-state index in [1.807, 2.05) is 0 Å². The van der Waals surface area contributed by atoms with Crippen LogP contribution >= 0.6 is 0 Å². The van der Waals surface area contributed by atoms with Crippen molar-refractivity contribution in [2.75, 3.05) is 26.1 Å². The van der Waals surface area contributed by atoms with E-state index in [2.05, 4.69) is 0 Å². The Labute approximate surface area is 112 Å². The lowest BCUT2D eigenvalue weighted by Crippen LogP contribution is -2.16. The van der Waals surface area contributed by atoms with Crippen molar-refractivity contribution >= 4 is 11.7 Å². The summed E-state index contributed by atoms with van der Waals surface area (Å²) in [5, 5.41) is 8.85. The van der Waals surface area contributed by atoms with E-state index in [0.29, 0.717) is 24.7 Å². The SMILES string of the molecule is COCC(C=C(C)C(=O)O)COc1ccc(N)cc1. The molecule has 5 nitrogen and oxygen atoms in total. The fraction of sp³-hybridized carbons (Fsp3) is 0.357. The lowest BCUT2D eigenvalue weighted by Gasteiger charge is -2.14. The quantitative estimate of drug-likeness (QED) is 0.581. The highest BCUT2D eigenvalue weighted by atomic mass is 16.5. The normalized spacial score (nSPS) is 13.1. The third-order valence-electron chi connectivity index (χ3n) is 2.55. The van der Waals surface area contributed by atoms with Crippen molar-refractivity contribution in [2.24, 2.45) is 5.92 Å². The minimum Gasteiger partial charge on any atom is -0.493 e. The first-order valence-electron chi connectivity index (χ1n) is 5.92. The molecule has 0 aliphatic carbocycles. The average Bonchev–Trinajstić information content (AvgIpc) is 2.37. The van der Waals surface area contributed by atoms with Crippen LogP contribution in [0.15, 0.2) is 35.9 Å². The molecule has 0 aliphatic heterocycles. The molecule has 0 bridgehead atoms. The molecule has 0 fully saturated rings. The molecule has 3 N–H and O–H groups in total. The van der Waals surface area contributed by atoms with E-state index in [1.54, 1.807) is 44.4 Å². The summed E-state index contributed by atoms with van der Waals surface area (Å²) < 4.78 is 10.6. The third-order valence-corrected chi connectivity index (χ3v) is 2.55. The van der Waals surface area contributed by atoms with E-state index in [-0.39, 0.29) is 11.5 Å². The Morgan fingerprint density at radius 2 is 2.00 bits per heavy atom. The van der Waals surface area contributed by atoms with Crippen LogP contribution in [0, 0.1) is 5.92 Å². The molecule has 1 atom stereocenters. The zero-order valence-electron chi connectivity index (χ0n) is 11.1. The summed E-state index contributed by atoms with van der Waals surface area (Å²) in [6.45, 7) is 2.30. The number of hydrogen-bond acceptors (Lipinski definition) is 4. The number of anilines is 1. The smallest absolute Gasteiger partial charge is 0.330 e. The Bertz CT molecular complexity index is 439. The largest absolute Gasteiger partial charge is 0.493 e. The van der Waals surface area contributed by atoms with Crippen molar-refractivity contribution in [2.45, 2.75) is 6.92 Å². The van der Waals surface area contributed by atoms with Crippen LogP contribution in [0.5, 0.6) is 5.75 Å². The van der Waals surface area contributed by atoms with Crippen LogP contribution in [0.25, 0.3) is 0 Å². The zero-order chi connectivity index (χ0) is 14.3. The number of hydrogen-bond donors (Lipinski definition) is 2. The van der Waals surface area contributed by atoms with Gasteiger partial charge < -0.3 is 20.3 Å². The van der Waals surface area contributed by atoms with Crippen molar-refractivity contribution in [3.63, 3.8) is 0 Å². The van der Waals surface area contributed by atoms with Crippen LogP contribution in [-0.2, 0) is 9.53 Å². The second kappa shape index (κ2) is 7.43. The van der Waals surface area contributed by atoms with Gasteiger partial charge in [-0.2, -0.15) is 0 Å². The molecule has 0 aromatic heterocycles. The fourth-order valence-electron chi connectivity index (χ4n) is 1.55. The first-order valence-corrected chi connectivity index (χ1v) is 5.92. The number of carboxylic acids is 1. The van der Waals surface area contributed by atoms with Gasteiger partial charge in [0.1, 0.15) is 5.75 Å². The maximum Gasteiger partial charge on any atom is 0.330 e. The Morgan fingerprint density at radius 3 is 2.53 bits per heavy atom. The number of rotatable bonds is 7. The summed E-state index contributed by atoms with van der Waals surface area (Å²) >= 11 is 0. The van der Waals surface area contributed by atoms with Gasteiger partial charge in [0.05, 0.1) is 13.2 Å². The van der Waals surface area contributed by atoms with Crippen LogP contribution in [0.1, 0.15) is 6.92 Å². The summed E-state index contributed by atoms with van der Waals surface area (Å²) in [5.74, 6) is -0.357. The Hall–Kier alpha value is -2.01. The van der Waals surface area contributed by atoms with Crippen LogP contribution in [0.2, 0.25) is 0 Å². The molecule has 1 rings (SSSR count). The molecular weight excluding hydrogens is 246 g/mol. The predicted octanol–water partition coefficient (Wildman–Crippen LogP) is 1.94. The first-order chi connectivity index (χ1) is 9.02. The van der Waals surface area contributed by atoms with Gasteiger partial charge in [-0.15, -0.1) is 0 Å². The average molecular weight is 265 g/mol. The minimum atomic E-state index is -0.936. The van der Waals surface area contributed by atoms with Gasteiger partial charge in [0.25, 0.3) is 0 Å². The maximum atomic E-state index is 10.8. The number of ether oxygens (including phenoxy) is 2. The van der Waals surface area contributed by atoms with Gasteiger partial charge in [-0.3, -0.25) is 0 Å². The van der Waals surface area contributed by atoms with Gasteiger partial charge in [-0.25, -0.2) is 4.79 Å². The third kappa shape index (κ3) is 5.44. The van der Waals surface area contributed by atoms with Crippen molar-refractivity contribution < 1.29 is 19.4 Å². The molecule has 0 aliphatic rings. The van der Waals surface area contributed by atoms with Crippen LogP contribution in [0.4, 0.5) is 5.69 Å². The molecule has 104 valence electrons. The van der Waals surface area contributed by atoms with Gasteiger partial charge in [0, 0.05) is 24.3 Å². The molecule has 5 heteroatoms. The van der Waals surface area contributed by atoms with Crippen molar-refractivity contribution in [1.82, 2.24) is 0 Å². The molecular formula is C14H19NO4. The number of carbonyl (C=O) groups is 1. The first kappa shape index (κ1) is 15.0. The van der Waals surface area contributed by atoms with E-state index in [4.69, 9.17) is 20.3 Å². The number of methoxy groups -OCH3 is 1. The number of benzene rings is 1. The Morgan fingerprint density at radius 1 is 1.37 bits per heavy atom. The molecule has 1 unspecified atom stereocenters. The van der Waals surface area contributed by atoms with E-state index in [0.717, 1.165) is 0 Å². The molecule has 0 saturated carbocycles. The van der Waals surface area contributed by atoms with Crippen molar-refractivity contribution in [3.05, 3.63) is 35.9 Å². The Balaban J connectivity index is 2.61. The minimum absolute atomic E-state index is 0.112. The summed E-state index contributed by atoms with van der Waals surface area (Å²) in [6.07, 6.45) is 1.64. The number of nitrogen functional groups attached to an aromatic ring is 1. The topological polar surface area (TPSA) is 81.8 Å². The summed E-state index contributed by atoms with van der Waals surface area (Å²) in [4.78, 5) is 10.8. The van der Waals surface area contributed by atoms with E-state index < -0.39 is 5.97 Å². The monoisotopic (exact) mass is 265 g/mol. The van der Waals surface area contributed by atoms with E-state index >= 15 is 0 Å². The van der Waals surface area contributed by atoms with Gasteiger partial charge in [-0.1, -0.05) is 6.08 Å². The predicted molar refractivity (Wildman–Crippen MR) is 73.1 cm³/mol. The van der Waals surface area contributed by atoms with Gasteiger partial charge in [-0.05, 0) is 31.2 Å². The molecule has 0 amide bonds. The number of carboxylic acid groups (broad SMARTS) is 1. The standard InChI is InChI=1S/C14H19NO4/c1-10(14(16)17)7-11(8-18-2)9-19-13-5-3-12(15)4-6-13/h3-7,11H,8-9,15H2,1-2H3,(H,16,17). The van der Waals surface area contributed by atoms with Crippen molar-refractivity contribution in [1.29, 1.82) is 0 Å². The lowest BCUT2D eigenvalue weighted by atomic mass is 10.1. The zero-order valence-corrected chi connectivity index (χ0v) is 11.1. The van der Waals surface area contributed by atoms with Crippen LogP contribution < -0.4 is 10.5 Å². The fourth-order valence-corrected chi connectivity index (χ4v) is 1.55. The maximum absolute atomic E-state index is 10.8. The number of aliphatic carboxylic acids is 1. The van der Waals surface area contributed by atoms with E-state index in [9.17, 15) is 4.79 Å². The highest BCUT2D eigenvalue weighted by Gasteiger charge is 2.10. The summed E-state index contributed by atoms with van der Waals surface area (Å²) in [5.41, 5.74) is 6.53. The van der Waals surface area contributed by atoms with Crippen LogP contribution in [0.3, 0.4) is 0 Å².